The van der Waals surface area contributed by atoms with Crippen LogP contribution in [-0.4, -0.2) is 12.6 Å². The fraction of sp³-hybridized carbons (Fsp3) is 0.324. The van der Waals surface area contributed by atoms with Crippen LogP contribution in [-0.2, 0) is 19.6 Å². The predicted molar refractivity (Wildman–Crippen MR) is 164 cm³/mol. The second-order valence-electron chi connectivity index (χ2n) is 11.1. The summed E-state index contributed by atoms with van der Waals surface area (Å²) in [5.74, 6) is -0.306. The molecule has 0 aliphatic carbocycles. The minimum Gasteiger partial charge on any atom is -0.466 e. The van der Waals surface area contributed by atoms with Crippen LogP contribution in [0.3, 0.4) is 0 Å². The smallest absolute Gasteiger partial charge is 0.308 e. The second-order valence-corrected chi connectivity index (χ2v) is 13.5. The number of unbranched alkanes of at least 4 members (excludes halogenated alkanes) is 1. The molecule has 4 aromatic rings. The average Bonchev–Trinajstić information content (AvgIpc) is 2.87. The summed E-state index contributed by atoms with van der Waals surface area (Å²) >= 11 is 0. The highest BCUT2D eigenvalue weighted by Gasteiger charge is 2.40. The van der Waals surface area contributed by atoms with Gasteiger partial charge in [0.25, 0.3) is 0 Å². The average molecular weight is 542 g/mol. The van der Waals surface area contributed by atoms with E-state index in [1.165, 1.54) is 0 Å². The maximum Gasteiger partial charge on any atom is 0.308 e. The van der Waals surface area contributed by atoms with Crippen molar-refractivity contribution in [3.8, 4) is 0 Å². The van der Waals surface area contributed by atoms with Crippen molar-refractivity contribution in [3.05, 3.63) is 107 Å². The molecule has 1 atom stereocenters. The molecule has 0 radical (unpaired) electrons. The van der Waals surface area contributed by atoms with E-state index < -0.39 is 12.8 Å². The van der Waals surface area contributed by atoms with Crippen LogP contribution in [0, 0.1) is 27.7 Å². The number of aryl methyl sites for hydroxylation is 4. The number of rotatable bonds is 10. The van der Waals surface area contributed by atoms with Gasteiger partial charge in [0.2, 0.25) is 7.29 Å². The highest BCUT2D eigenvalue weighted by Crippen LogP contribution is 2.46. The van der Waals surface area contributed by atoms with Gasteiger partial charge in [0.15, 0.2) is 0 Å². The summed E-state index contributed by atoms with van der Waals surface area (Å²) < 4.78 is 21.1. The first-order chi connectivity index (χ1) is 18.5. The first kappa shape index (κ1) is 28.8. The van der Waals surface area contributed by atoms with Crippen molar-refractivity contribution in [1.29, 1.82) is 0 Å². The highest BCUT2D eigenvalue weighted by molar-refractivity contribution is 7.77. The van der Waals surface area contributed by atoms with Crippen molar-refractivity contribution < 1.29 is 14.1 Å². The number of hydrogen-bond acceptors (Lipinski definition) is 3. The molecule has 0 unspecified atom stereocenters. The molecule has 39 heavy (non-hydrogen) atoms. The van der Waals surface area contributed by atoms with Gasteiger partial charge >= 0.3 is 5.97 Å². The Morgan fingerprint density at radius 2 is 1.33 bits per heavy atom. The fourth-order valence-corrected chi connectivity index (χ4v) is 8.30. The summed E-state index contributed by atoms with van der Waals surface area (Å²) in [5.41, 5.74) is 4.11. The summed E-state index contributed by atoms with van der Waals surface area (Å²) in [6.07, 6.45) is 1.81. The third kappa shape index (κ3) is 6.69. The highest BCUT2D eigenvalue weighted by atomic mass is 31.2. The largest absolute Gasteiger partial charge is 0.466 e. The number of esters is 1. The Kier molecular flexibility index (Phi) is 8.79. The topological polar surface area (TPSA) is 55.4 Å². The summed E-state index contributed by atoms with van der Waals surface area (Å²) in [5, 5.41) is 7.25. The van der Waals surface area contributed by atoms with Gasteiger partial charge < -0.3 is 4.74 Å². The molecule has 1 N–H and O–H groups in total. The number of ether oxygens (including phenoxy) is 1. The summed E-state index contributed by atoms with van der Waals surface area (Å²) in [4.78, 5) is 13.2. The Bertz CT molecular complexity index is 1450. The third-order valence-electron chi connectivity index (χ3n) is 7.19. The molecule has 4 rings (SSSR count). The Hall–Kier alpha value is -3.20. The molecule has 0 bridgehead atoms. The van der Waals surface area contributed by atoms with Gasteiger partial charge in [0, 0.05) is 10.6 Å². The van der Waals surface area contributed by atoms with E-state index in [0.717, 1.165) is 62.0 Å². The lowest BCUT2D eigenvalue weighted by atomic mass is 9.88. The van der Waals surface area contributed by atoms with Crippen LogP contribution in [0.25, 0.3) is 10.8 Å². The molecule has 4 nitrogen and oxygen atoms in total. The Balaban J connectivity index is 1.90. The van der Waals surface area contributed by atoms with Crippen LogP contribution in [0.4, 0.5) is 0 Å². The van der Waals surface area contributed by atoms with E-state index in [2.05, 4.69) is 48.4 Å². The molecule has 0 saturated heterocycles. The van der Waals surface area contributed by atoms with E-state index in [9.17, 15) is 4.79 Å². The summed E-state index contributed by atoms with van der Waals surface area (Å²) in [6, 6.07) is 26.5. The number of benzene rings is 4. The van der Waals surface area contributed by atoms with Crippen molar-refractivity contribution in [1.82, 2.24) is 5.09 Å². The molecule has 4 aromatic carbocycles. The van der Waals surface area contributed by atoms with Crippen LogP contribution in [0.5, 0.6) is 0 Å². The van der Waals surface area contributed by atoms with Gasteiger partial charge in [-0.25, -0.2) is 5.09 Å². The lowest BCUT2D eigenvalue weighted by molar-refractivity contribution is -0.145. The third-order valence-corrected chi connectivity index (χ3v) is 9.97. The number of carbonyl (C=O) groups excluding carboxylic acids is 1. The predicted octanol–water partition coefficient (Wildman–Crippen LogP) is 7.54. The van der Waals surface area contributed by atoms with Crippen molar-refractivity contribution in [2.45, 2.75) is 66.3 Å². The van der Waals surface area contributed by atoms with Gasteiger partial charge in [-0.2, -0.15) is 0 Å². The number of fused-ring (bicyclic) bond motifs is 1. The van der Waals surface area contributed by atoms with Crippen molar-refractivity contribution in [2.24, 2.45) is 0 Å². The molecular weight excluding hydrogens is 501 g/mol. The minimum atomic E-state index is -3.42. The van der Waals surface area contributed by atoms with Crippen molar-refractivity contribution >= 4 is 34.6 Å². The van der Waals surface area contributed by atoms with Crippen molar-refractivity contribution in [2.75, 3.05) is 6.61 Å². The molecule has 0 aliphatic heterocycles. The Morgan fingerprint density at radius 3 is 1.87 bits per heavy atom. The van der Waals surface area contributed by atoms with Crippen LogP contribution in [0.1, 0.15) is 60.9 Å². The van der Waals surface area contributed by atoms with Crippen molar-refractivity contribution in [3.63, 3.8) is 0 Å². The Morgan fingerprint density at radius 1 is 0.795 bits per heavy atom. The van der Waals surface area contributed by atoms with Crippen LogP contribution >= 0.6 is 7.29 Å². The van der Waals surface area contributed by atoms with Gasteiger partial charge in [-0.3, -0.25) is 9.36 Å². The Labute approximate surface area is 233 Å². The maximum absolute atomic E-state index is 15.5. The van der Waals surface area contributed by atoms with Crippen LogP contribution in [0.15, 0.2) is 78.9 Å². The molecular formula is C34H40NO3P. The lowest BCUT2D eigenvalue weighted by Crippen LogP contribution is -2.44. The zero-order valence-corrected chi connectivity index (χ0v) is 24.9. The van der Waals surface area contributed by atoms with E-state index in [4.69, 9.17) is 4.74 Å². The number of carbonyl (C=O) groups is 1. The number of nitrogens with one attached hydrogen (secondary N) is 1. The van der Waals surface area contributed by atoms with E-state index in [-0.39, 0.29) is 12.4 Å². The zero-order chi connectivity index (χ0) is 28.2. The SMILES string of the molecule is CCCCOC(=O)C[C@](C)(NP(=O)(c1cc(C)cc(C)c1)c1cc(C)cc(C)c1)c1ccc2ccccc2c1. The monoisotopic (exact) mass is 541 g/mol. The van der Waals surface area contributed by atoms with Gasteiger partial charge in [-0.1, -0.05) is 84.1 Å². The standard InChI is InChI=1S/C34H40NO3P/c1-7-8-15-38-33(36)23-34(6,30-14-13-28-11-9-10-12-29(28)22-30)35-39(37,31-18-24(2)16-25(3)19-31)32-20-26(4)17-27(5)21-32/h9-14,16-22H,7-8,15,23H2,1-6H3,(H,35,37)/t34-/m0/s1. The molecule has 0 spiro atoms. The van der Waals surface area contributed by atoms with Gasteiger partial charge in [-0.15, -0.1) is 0 Å². The maximum atomic E-state index is 15.5. The van der Waals surface area contributed by atoms with E-state index in [1.54, 1.807) is 0 Å². The van der Waals surface area contributed by atoms with E-state index in [1.807, 2.05) is 77.1 Å². The fourth-order valence-electron chi connectivity index (χ4n) is 5.30. The normalized spacial score (nSPS) is 13.3. The molecule has 204 valence electrons. The molecule has 0 heterocycles. The van der Waals surface area contributed by atoms with Gasteiger partial charge in [0.1, 0.15) is 0 Å². The van der Waals surface area contributed by atoms with E-state index >= 15 is 4.57 Å². The van der Waals surface area contributed by atoms with E-state index in [0.29, 0.717) is 6.61 Å². The van der Waals surface area contributed by atoms with Gasteiger partial charge in [-0.05, 0) is 87.7 Å². The molecule has 0 amide bonds. The number of hydrogen-bond donors (Lipinski definition) is 1. The molecule has 5 heteroatoms. The molecule has 0 saturated carbocycles. The first-order valence-corrected chi connectivity index (χ1v) is 15.5. The summed E-state index contributed by atoms with van der Waals surface area (Å²) in [6.45, 7) is 12.5. The molecule has 0 aliphatic rings. The van der Waals surface area contributed by atoms with Crippen LogP contribution in [0.2, 0.25) is 0 Å². The quantitative estimate of drug-likeness (QED) is 0.128. The minimum absolute atomic E-state index is 0.0502. The lowest BCUT2D eigenvalue weighted by Gasteiger charge is -2.36. The van der Waals surface area contributed by atoms with Crippen LogP contribution < -0.4 is 15.7 Å². The second kappa shape index (κ2) is 11.9. The summed E-state index contributed by atoms with van der Waals surface area (Å²) in [7, 11) is -3.42. The zero-order valence-electron chi connectivity index (χ0n) is 24.0. The molecule has 0 fully saturated rings. The molecule has 0 aromatic heterocycles. The van der Waals surface area contributed by atoms with Gasteiger partial charge in [0.05, 0.1) is 18.6 Å². The first-order valence-electron chi connectivity index (χ1n) is 13.7.